The lowest BCUT2D eigenvalue weighted by atomic mass is 10.1. The SMILES string of the molecule is O=C(CC1(CS)CC1)NCCc1cscn1. The van der Waals surface area contributed by atoms with Crippen molar-refractivity contribution in [3.05, 3.63) is 16.6 Å². The van der Waals surface area contributed by atoms with Crippen LogP contribution in [0.1, 0.15) is 25.0 Å². The van der Waals surface area contributed by atoms with E-state index in [4.69, 9.17) is 0 Å². The molecule has 0 atom stereocenters. The maximum absolute atomic E-state index is 11.6. The summed E-state index contributed by atoms with van der Waals surface area (Å²) in [6.07, 6.45) is 3.75. The second-order valence-corrected chi connectivity index (χ2v) is 5.45. The molecule has 1 heterocycles. The average Bonchev–Trinajstić information content (AvgIpc) is 2.85. The first-order valence-electron chi connectivity index (χ1n) is 5.49. The monoisotopic (exact) mass is 256 g/mol. The van der Waals surface area contributed by atoms with Gasteiger partial charge in [-0.15, -0.1) is 11.3 Å². The van der Waals surface area contributed by atoms with E-state index in [0.29, 0.717) is 13.0 Å². The lowest BCUT2D eigenvalue weighted by Crippen LogP contribution is -2.28. The standard InChI is InChI=1S/C11H16N2OS2/c14-10(5-11(7-15)2-3-11)12-4-1-9-6-16-8-13-9/h6,8,15H,1-5,7H2,(H,12,14). The van der Waals surface area contributed by atoms with Crippen molar-refractivity contribution in [1.29, 1.82) is 0 Å². The van der Waals surface area contributed by atoms with Crippen LogP contribution in [0.15, 0.2) is 10.9 Å². The molecule has 1 aliphatic carbocycles. The molecule has 0 radical (unpaired) electrons. The van der Waals surface area contributed by atoms with Gasteiger partial charge in [0.05, 0.1) is 11.2 Å². The highest BCUT2D eigenvalue weighted by molar-refractivity contribution is 7.80. The van der Waals surface area contributed by atoms with Crippen LogP contribution in [0, 0.1) is 5.41 Å². The molecule has 1 saturated carbocycles. The zero-order chi connectivity index (χ0) is 11.4. The molecule has 3 nitrogen and oxygen atoms in total. The molecule has 0 aliphatic heterocycles. The molecule has 1 aromatic rings. The van der Waals surface area contributed by atoms with E-state index in [1.54, 1.807) is 11.3 Å². The first-order valence-corrected chi connectivity index (χ1v) is 7.06. The summed E-state index contributed by atoms with van der Waals surface area (Å²) in [6, 6.07) is 0. The fourth-order valence-electron chi connectivity index (χ4n) is 1.66. The molecule has 16 heavy (non-hydrogen) atoms. The van der Waals surface area contributed by atoms with E-state index in [-0.39, 0.29) is 11.3 Å². The number of hydrogen-bond donors (Lipinski definition) is 2. The Morgan fingerprint density at radius 3 is 3.00 bits per heavy atom. The number of hydrogen-bond acceptors (Lipinski definition) is 4. The van der Waals surface area contributed by atoms with Crippen molar-refractivity contribution in [3.63, 3.8) is 0 Å². The molecule has 1 fully saturated rings. The van der Waals surface area contributed by atoms with Gasteiger partial charge in [0, 0.05) is 24.8 Å². The van der Waals surface area contributed by atoms with Crippen LogP contribution in [0.25, 0.3) is 0 Å². The Hall–Kier alpha value is -0.550. The number of aromatic nitrogens is 1. The number of nitrogens with one attached hydrogen (secondary N) is 1. The molecule has 0 aromatic carbocycles. The van der Waals surface area contributed by atoms with Gasteiger partial charge >= 0.3 is 0 Å². The van der Waals surface area contributed by atoms with Crippen molar-refractivity contribution in [2.24, 2.45) is 5.41 Å². The Kier molecular flexibility index (Phi) is 3.86. The van der Waals surface area contributed by atoms with E-state index in [1.165, 1.54) is 0 Å². The van der Waals surface area contributed by atoms with Gasteiger partial charge in [-0.05, 0) is 24.0 Å². The van der Waals surface area contributed by atoms with Crippen molar-refractivity contribution in [1.82, 2.24) is 10.3 Å². The highest BCUT2D eigenvalue weighted by atomic mass is 32.1. The summed E-state index contributed by atoms with van der Waals surface area (Å²) in [5, 5.41) is 4.96. The summed E-state index contributed by atoms with van der Waals surface area (Å²) in [7, 11) is 0. The number of nitrogens with zero attached hydrogens (tertiary/aromatic N) is 1. The topological polar surface area (TPSA) is 42.0 Å². The molecule has 0 bridgehead atoms. The third-order valence-electron chi connectivity index (χ3n) is 3.01. The summed E-state index contributed by atoms with van der Waals surface area (Å²) in [6.45, 7) is 0.686. The molecular weight excluding hydrogens is 240 g/mol. The van der Waals surface area contributed by atoms with Gasteiger partial charge in [0.1, 0.15) is 0 Å². The first-order chi connectivity index (χ1) is 7.74. The van der Waals surface area contributed by atoms with E-state index >= 15 is 0 Å². The number of carbonyl (C=O) groups is 1. The van der Waals surface area contributed by atoms with Crippen molar-refractivity contribution in [2.75, 3.05) is 12.3 Å². The maximum atomic E-state index is 11.6. The highest BCUT2D eigenvalue weighted by Crippen LogP contribution is 2.49. The van der Waals surface area contributed by atoms with Gasteiger partial charge < -0.3 is 5.32 Å². The third-order valence-corrected chi connectivity index (χ3v) is 4.32. The van der Waals surface area contributed by atoms with Gasteiger partial charge in [0.2, 0.25) is 5.91 Å². The van der Waals surface area contributed by atoms with Gasteiger partial charge in [-0.25, -0.2) is 4.98 Å². The number of amides is 1. The molecule has 0 saturated heterocycles. The summed E-state index contributed by atoms with van der Waals surface area (Å²) >= 11 is 5.88. The third kappa shape index (κ3) is 3.22. The zero-order valence-corrected chi connectivity index (χ0v) is 10.8. The lowest BCUT2D eigenvalue weighted by Gasteiger charge is -2.11. The molecule has 2 rings (SSSR count). The van der Waals surface area contributed by atoms with Crippen LogP contribution < -0.4 is 5.32 Å². The number of carbonyl (C=O) groups excluding carboxylic acids is 1. The largest absolute Gasteiger partial charge is 0.356 e. The van der Waals surface area contributed by atoms with E-state index in [2.05, 4.69) is 22.9 Å². The molecule has 1 amide bonds. The summed E-state index contributed by atoms with van der Waals surface area (Å²) in [4.78, 5) is 15.8. The second kappa shape index (κ2) is 5.19. The fraction of sp³-hybridized carbons (Fsp3) is 0.636. The predicted molar refractivity (Wildman–Crippen MR) is 69.0 cm³/mol. The van der Waals surface area contributed by atoms with E-state index in [9.17, 15) is 4.79 Å². The minimum atomic E-state index is 0.154. The van der Waals surface area contributed by atoms with Crippen LogP contribution in [-0.4, -0.2) is 23.2 Å². The van der Waals surface area contributed by atoms with Crippen molar-refractivity contribution in [2.45, 2.75) is 25.7 Å². The van der Waals surface area contributed by atoms with Crippen LogP contribution in [0.2, 0.25) is 0 Å². The summed E-state index contributed by atoms with van der Waals surface area (Å²) in [5.74, 6) is 0.980. The maximum Gasteiger partial charge on any atom is 0.220 e. The Bertz CT molecular complexity index is 347. The Morgan fingerprint density at radius 2 is 2.44 bits per heavy atom. The average molecular weight is 256 g/mol. The van der Waals surface area contributed by atoms with Gasteiger partial charge in [0.15, 0.2) is 0 Å². The van der Waals surface area contributed by atoms with Crippen LogP contribution in [0.4, 0.5) is 0 Å². The quantitative estimate of drug-likeness (QED) is 0.763. The van der Waals surface area contributed by atoms with Gasteiger partial charge in [-0.1, -0.05) is 0 Å². The molecule has 0 spiro atoms. The minimum absolute atomic E-state index is 0.154. The molecular formula is C11H16N2OS2. The normalized spacial score (nSPS) is 17.1. The first kappa shape index (κ1) is 11.9. The van der Waals surface area contributed by atoms with Crippen LogP contribution in [0.3, 0.4) is 0 Å². The molecule has 1 aliphatic rings. The number of thiazole rings is 1. The number of rotatable bonds is 6. The van der Waals surface area contributed by atoms with Crippen molar-refractivity contribution >= 4 is 29.9 Å². The van der Waals surface area contributed by atoms with Gasteiger partial charge in [-0.2, -0.15) is 12.6 Å². The van der Waals surface area contributed by atoms with Gasteiger partial charge in [-0.3, -0.25) is 4.79 Å². The molecule has 0 unspecified atom stereocenters. The molecule has 1 aromatic heterocycles. The van der Waals surface area contributed by atoms with Gasteiger partial charge in [0.25, 0.3) is 0 Å². The van der Waals surface area contributed by atoms with Crippen molar-refractivity contribution < 1.29 is 4.79 Å². The fourth-order valence-corrected chi connectivity index (χ4v) is 2.68. The second-order valence-electron chi connectivity index (χ2n) is 4.41. The van der Waals surface area contributed by atoms with E-state index in [1.807, 2.05) is 10.9 Å². The Morgan fingerprint density at radius 1 is 1.62 bits per heavy atom. The molecule has 5 heteroatoms. The lowest BCUT2D eigenvalue weighted by molar-refractivity contribution is -0.122. The zero-order valence-electron chi connectivity index (χ0n) is 9.11. The van der Waals surface area contributed by atoms with Crippen LogP contribution >= 0.6 is 24.0 Å². The minimum Gasteiger partial charge on any atom is -0.356 e. The van der Waals surface area contributed by atoms with Crippen LogP contribution in [-0.2, 0) is 11.2 Å². The molecule has 1 N–H and O–H groups in total. The molecule has 88 valence electrons. The number of thiol groups is 1. The smallest absolute Gasteiger partial charge is 0.220 e. The summed E-state index contributed by atoms with van der Waals surface area (Å²) < 4.78 is 0. The predicted octanol–water partition coefficient (Wildman–Crippen LogP) is 1.90. The van der Waals surface area contributed by atoms with Crippen molar-refractivity contribution in [3.8, 4) is 0 Å². The highest BCUT2D eigenvalue weighted by Gasteiger charge is 2.42. The summed E-state index contributed by atoms with van der Waals surface area (Å²) in [5.41, 5.74) is 3.09. The Balaban J connectivity index is 1.64. The Labute approximate surface area is 105 Å². The van der Waals surface area contributed by atoms with Crippen LogP contribution in [0.5, 0.6) is 0 Å². The van der Waals surface area contributed by atoms with E-state index in [0.717, 1.165) is 30.7 Å². The van der Waals surface area contributed by atoms with E-state index < -0.39 is 0 Å².